The van der Waals surface area contributed by atoms with Crippen molar-refractivity contribution in [3.63, 3.8) is 0 Å². The summed E-state index contributed by atoms with van der Waals surface area (Å²) >= 11 is 0. The van der Waals surface area contributed by atoms with Crippen molar-refractivity contribution in [1.29, 1.82) is 0 Å². The summed E-state index contributed by atoms with van der Waals surface area (Å²) in [6, 6.07) is 5.21. The fourth-order valence-electron chi connectivity index (χ4n) is 5.53. The van der Waals surface area contributed by atoms with Crippen LogP contribution in [-0.2, 0) is 19.1 Å². The van der Waals surface area contributed by atoms with Crippen molar-refractivity contribution in [3.8, 4) is 11.5 Å². The van der Waals surface area contributed by atoms with Gasteiger partial charge in [-0.3, -0.25) is 14.5 Å². The molecule has 42 heavy (non-hydrogen) atoms. The maximum absolute atomic E-state index is 13.4. The average molecular weight is 601 g/mol. The molecule has 1 unspecified atom stereocenters. The highest BCUT2D eigenvalue weighted by Gasteiger charge is 2.52. The van der Waals surface area contributed by atoms with E-state index < -0.39 is 23.3 Å². The molecule has 2 amide bonds. The number of amides is 2. The van der Waals surface area contributed by atoms with E-state index >= 15 is 0 Å². The van der Waals surface area contributed by atoms with Gasteiger partial charge in [0, 0.05) is 32.1 Å². The zero-order valence-corrected chi connectivity index (χ0v) is 24.6. The van der Waals surface area contributed by atoms with Crippen LogP contribution in [0.4, 0.5) is 13.2 Å². The van der Waals surface area contributed by atoms with Crippen LogP contribution in [0.1, 0.15) is 65.0 Å². The molecule has 0 bridgehead atoms. The van der Waals surface area contributed by atoms with Crippen molar-refractivity contribution in [2.24, 2.45) is 22.6 Å². The molecular formula is C28H39F3N4O7. The molecule has 0 aromatic heterocycles. The number of aliphatic carboxylic acids is 1. The van der Waals surface area contributed by atoms with Crippen LogP contribution >= 0.6 is 0 Å². The number of methoxy groups -OCH3 is 2. The first-order valence-corrected chi connectivity index (χ1v) is 13.5. The SMILES string of the molecule is COCC[C@@H]([C@@H]1C[C@H]1C(=O)NC1CC(C)(C)Oc2cccc(OC)c21)N1C(=O)CC(C)(C)N=C1N.O=C(O)C(F)(F)F. The van der Waals surface area contributed by atoms with Crippen molar-refractivity contribution in [2.45, 2.75) is 82.8 Å². The summed E-state index contributed by atoms with van der Waals surface area (Å²) in [7, 11) is 3.25. The molecule has 0 saturated heterocycles. The van der Waals surface area contributed by atoms with Gasteiger partial charge >= 0.3 is 12.1 Å². The number of carboxylic acids is 1. The van der Waals surface area contributed by atoms with Crippen LogP contribution in [0.25, 0.3) is 0 Å². The lowest BCUT2D eigenvalue weighted by atomic mass is 9.89. The van der Waals surface area contributed by atoms with Crippen LogP contribution in [0.3, 0.4) is 0 Å². The van der Waals surface area contributed by atoms with E-state index in [9.17, 15) is 22.8 Å². The van der Waals surface area contributed by atoms with Gasteiger partial charge in [-0.2, -0.15) is 13.2 Å². The number of carbonyl (C=O) groups excluding carboxylic acids is 2. The number of benzene rings is 1. The van der Waals surface area contributed by atoms with Gasteiger partial charge in [-0.25, -0.2) is 9.79 Å². The highest BCUT2D eigenvalue weighted by molar-refractivity contribution is 5.99. The molecule has 1 aliphatic carbocycles. The van der Waals surface area contributed by atoms with Gasteiger partial charge in [0.15, 0.2) is 5.96 Å². The Morgan fingerprint density at radius 1 is 1.26 bits per heavy atom. The molecule has 1 aromatic rings. The maximum Gasteiger partial charge on any atom is 0.490 e. The molecule has 234 valence electrons. The van der Waals surface area contributed by atoms with E-state index in [-0.39, 0.29) is 48.1 Å². The lowest BCUT2D eigenvalue weighted by Gasteiger charge is -2.39. The van der Waals surface area contributed by atoms with E-state index in [4.69, 9.17) is 29.8 Å². The van der Waals surface area contributed by atoms with E-state index in [1.807, 2.05) is 45.9 Å². The molecule has 11 nitrogen and oxygen atoms in total. The summed E-state index contributed by atoms with van der Waals surface area (Å²) in [5.74, 6) is -1.42. The van der Waals surface area contributed by atoms with Gasteiger partial charge < -0.3 is 30.4 Å². The molecule has 4 N–H and O–H groups in total. The average Bonchev–Trinajstić information content (AvgIpc) is 3.64. The Kier molecular flexibility index (Phi) is 9.70. The number of hydrogen-bond acceptors (Lipinski definition) is 8. The molecule has 4 rings (SSSR count). The lowest BCUT2D eigenvalue weighted by Crippen LogP contribution is -2.55. The second kappa shape index (κ2) is 12.4. The van der Waals surface area contributed by atoms with Crippen LogP contribution in [0.15, 0.2) is 23.2 Å². The normalized spacial score (nSPS) is 24.6. The highest BCUT2D eigenvalue weighted by Crippen LogP contribution is 2.48. The fourth-order valence-corrected chi connectivity index (χ4v) is 5.53. The maximum atomic E-state index is 13.4. The summed E-state index contributed by atoms with van der Waals surface area (Å²) in [6.45, 7) is 8.29. The van der Waals surface area contributed by atoms with Gasteiger partial charge in [-0.15, -0.1) is 0 Å². The molecule has 1 saturated carbocycles. The number of nitrogens with one attached hydrogen (secondary N) is 1. The Labute approximate surface area is 242 Å². The number of halogens is 3. The highest BCUT2D eigenvalue weighted by atomic mass is 19.4. The standard InChI is InChI=1S/C26H38N4O5.C2HF3O2/c1-25(2)14-21(31)30(24(27)29-25)18(10-11-33-5)15-12-16(15)23(32)28-17-13-26(3,4)35-20-9-7-8-19(34-6)22(17)20;3-2(4,5)1(6)7/h7-9,15-18H,10-14H2,1-6H3,(H2,27,29)(H,28,32);(H,6,7)/t15-,16-,17?,18+;/m1./s1. The van der Waals surface area contributed by atoms with E-state index in [1.165, 1.54) is 0 Å². The van der Waals surface area contributed by atoms with Crippen molar-refractivity contribution in [1.82, 2.24) is 10.2 Å². The Balaban J connectivity index is 0.000000616. The predicted molar refractivity (Wildman–Crippen MR) is 146 cm³/mol. The summed E-state index contributed by atoms with van der Waals surface area (Å²) in [6.07, 6.45) is -2.90. The number of nitrogens with zero attached hydrogens (tertiary/aromatic N) is 2. The molecule has 0 radical (unpaired) electrons. The van der Waals surface area contributed by atoms with Gasteiger partial charge in [-0.05, 0) is 58.6 Å². The molecule has 2 aliphatic heterocycles. The number of hydrogen-bond donors (Lipinski definition) is 3. The first kappa shape index (κ1) is 33.0. The minimum atomic E-state index is -5.08. The van der Waals surface area contributed by atoms with Crippen LogP contribution in [0.5, 0.6) is 11.5 Å². The summed E-state index contributed by atoms with van der Waals surface area (Å²) in [4.78, 5) is 41.5. The van der Waals surface area contributed by atoms with E-state index in [1.54, 1.807) is 19.1 Å². The number of alkyl halides is 3. The van der Waals surface area contributed by atoms with Crippen molar-refractivity contribution in [3.05, 3.63) is 23.8 Å². The summed E-state index contributed by atoms with van der Waals surface area (Å²) in [5, 5.41) is 10.4. The van der Waals surface area contributed by atoms with Crippen LogP contribution < -0.4 is 20.5 Å². The fraction of sp³-hybridized carbons (Fsp3) is 0.643. The zero-order valence-electron chi connectivity index (χ0n) is 24.6. The van der Waals surface area contributed by atoms with Crippen LogP contribution in [-0.4, -0.2) is 77.9 Å². The first-order valence-electron chi connectivity index (χ1n) is 13.5. The molecule has 4 atom stereocenters. The van der Waals surface area contributed by atoms with Crippen molar-refractivity contribution in [2.75, 3.05) is 20.8 Å². The van der Waals surface area contributed by atoms with Crippen molar-refractivity contribution < 1.29 is 46.9 Å². The third kappa shape index (κ3) is 7.84. The molecule has 0 spiro atoms. The third-order valence-electron chi connectivity index (χ3n) is 7.37. The number of ether oxygens (including phenoxy) is 3. The number of guanidine groups is 1. The number of rotatable bonds is 8. The molecule has 14 heteroatoms. The Morgan fingerprint density at radius 2 is 1.90 bits per heavy atom. The predicted octanol–water partition coefficient (Wildman–Crippen LogP) is 3.41. The van der Waals surface area contributed by atoms with Gasteiger partial charge in [-0.1, -0.05) is 6.07 Å². The number of aliphatic imine (C=N–C) groups is 1. The smallest absolute Gasteiger partial charge is 0.490 e. The number of nitrogens with two attached hydrogens (primary N) is 1. The zero-order chi connectivity index (χ0) is 31.6. The molecule has 2 heterocycles. The van der Waals surface area contributed by atoms with E-state index in [0.29, 0.717) is 31.6 Å². The molecule has 3 aliphatic rings. The van der Waals surface area contributed by atoms with Gasteiger partial charge in [0.05, 0.1) is 30.7 Å². The second-order valence-electron chi connectivity index (χ2n) is 11.9. The minimum Gasteiger partial charge on any atom is -0.496 e. The molecular weight excluding hydrogens is 561 g/mol. The Morgan fingerprint density at radius 3 is 2.45 bits per heavy atom. The third-order valence-corrected chi connectivity index (χ3v) is 7.37. The molecule has 1 aromatic carbocycles. The summed E-state index contributed by atoms with van der Waals surface area (Å²) in [5.41, 5.74) is 6.16. The lowest BCUT2D eigenvalue weighted by molar-refractivity contribution is -0.192. The van der Waals surface area contributed by atoms with Crippen LogP contribution in [0.2, 0.25) is 0 Å². The molecule has 1 fully saturated rings. The number of carboxylic acid groups (broad SMARTS) is 1. The first-order chi connectivity index (χ1) is 19.4. The van der Waals surface area contributed by atoms with Crippen molar-refractivity contribution >= 4 is 23.7 Å². The topological polar surface area (TPSA) is 153 Å². The summed E-state index contributed by atoms with van der Waals surface area (Å²) < 4.78 is 48.8. The van der Waals surface area contributed by atoms with E-state index in [0.717, 1.165) is 11.3 Å². The number of carbonyl (C=O) groups is 3. The van der Waals surface area contributed by atoms with Gasteiger partial charge in [0.25, 0.3) is 0 Å². The monoisotopic (exact) mass is 600 g/mol. The van der Waals surface area contributed by atoms with E-state index in [2.05, 4.69) is 10.3 Å². The van der Waals surface area contributed by atoms with Gasteiger partial charge in [0.1, 0.15) is 17.1 Å². The Hall–Kier alpha value is -3.55. The van der Waals surface area contributed by atoms with Crippen LogP contribution in [0, 0.1) is 11.8 Å². The largest absolute Gasteiger partial charge is 0.496 e. The minimum absolute atomic E-state index is 0.00551. The van der Waals surface area contributed by atoms with Gasteiger partial charge in [0.2, 0.25) is 11.8 Å². The Bertz CT molecular complexity index is 1220. The quantitative estimate of drug-likeness (QED) is 0.411. The second-order valence-corrected chi connectivity index (χ2v) is 11.9. The number of fused-ring (bicyclic) bond motifs is 1.